The molecule has 1 heterocycles. The predicted octanol–water partition coefficient (Wildman–Crippen LogP) is 3.98. The SMILES string of the molecule is CCCCCCCCC1CCCCN1O. The molecule has 1 aliphatic rings. The molecule has 0 saturated carbocycles. The van der Waals surface area contributed by atoms with E-state index in [0.717, 1.165) is 6.54 Å². The maximum absolute atomic E-state index is 9.64. The summed E-state index contributed by atoms with van der Waals surface area (Å²) in [5, 5.41) is 11.2. The summed E-state index contributed by atoms with van der Waals surface area (Å²) >= 11 is 0. The molecule has 0 radical (unpaired) electrons. The smallest absolute Gasteiger partial charge is 0.0350 e. The van der Waals surface area contributed by atoms with E-state index in [9.17, 15) is 5.21 Å². The third-order valence-corrected chi connectivity index (χ3v) is 3.49. The van der Waals surface area contributed by atoms with Crippen LogP contribution in [-0.4, -0.2) is 22.9 Å². The topological polar surface area (TPSA) is 23.5 Å². The van der Waals surface area contributed by atoms with Crippen molar-refractivity contribution in [3.05, 3.63) is 0 Å². The molecule has 90 valence electrons. The van der Waals surface area contributed by atoms with Crippen LogP contribution in [0.15, 0.2) is 0 Å². The minimum atomic E-state index is 0.463. The first-order chi connectivity index (χ1) is 7.34. The Morgan fingerprint density at radius 3 is 2.53 bits per heavy atom. The van der Waals surface area contributed by atoms with Crippen molar-refractivity contribution in [2.75, 3.05) is 6.54 Å². The van der Waals surface area contributed by atoms with Gasteiger partial charge in [-0.1, -0.05) is 51.9 Å². The number of hydrogen-bond donors (Lipinski definition) is 1. The molecule has 0 spiro atoms. The van der Waals surface area contributed by atoms with E-state index in [4.69, 9.17) is 0 Å². The van der Waals surface area contributed by atoms with Crippen molar-refractivity contribution in [3.63, 3.8) is 0 Å². The molecule has 0 aromatic rings. The lowest BCUT2D eigenvalue weighted by Crippen LogP contribution is -2.36. The van der Waals surface area contributed by atoms with Crippen LogP contribution in [-0.2, 0) is 0 Å². The van der Waals surface area contributed by atoms with Crippen LogP contribution in [0.3, 0.4) is 0 Å². The molecule has 1 aliphatic heterocycles. The molecule has 0 aromatic carbocycles. The first kappa shape index (κ1) is 13.0. The number of unbranched alkanes of at least 4 members (excludes halogenated alkanes) is 5. The molecule has 0 bridgehead atoms. The summed E-state index contributed by atoms with van der Waals surface area (Å²) in [6, 6.07) is 0.463. The van der Waals surface area contributed by atoms with Gasteiger partial charge in [0.25, 0.3) is 0 Å². The molecule has 1 unspecified atom stereocenters. The van der Waals surface area contributed by atoms with Crippen molar-refractivity contribution in [3.8, 4) is 0 Å². The van der Waals surface area contributed by atoms with Crippen LogP contribution in [0.4, 0.5) is 0 Å². The Bertz CT molecular complexity index is 149. The van der Waals surface area contributed by atoms with Gasteiger partial charge in [-0.25, -0.2) is 0 Å². The standard InChI is InChI=1S/C13H27NO/c1-2-3-4-5-6-7-10-13-11-8-9-12-14(13)15/h13,15H,2-12H2,1H3. The number of hydrogen-bond acceptors (Lipinski definition) is 2. The molecule has 1 rings (SSSR count). The van der Waals surface area contributed by atoms with Gasteiger partial charge in [0.15, 0.2) is 0 Å². The third-order valence-electron chi connectivity index (χ3n) is 3.49. The van der Waals surface area contributed by atoms with Crippen LogP contribution in [0.2, 0.25) is 0 Å². The Balaban J connectivity index is 1.94. The molecule has 1 fully saturated rings. The van der Waals surface area contributed by atoms with E-state index >= 15 is 0 Å². The van der Waals surface area contributed by atoms with E-state index in [0.29, 0.717) is 6.04 Å². The quantitative estimate of drug-likeness (QED) is 0.647. The highest BCUT2D eigenvalue weighted by Crippen LogP contribution is 2.20. The number of rotatable bonds is 7. The second kappa shape index (κ2) is 8.12. The van der Waals surface area contributed by atoms with Crippen LogP contribution in [0.1, 0.15) is 71.1 Å². The van der Waals surface area contributed by atoms with Gasteiger partial charge in [0.05, 0.1) is 0 Å². The van der Waals surface area contributed by atoms with Crippen molar-refractivity contribution in [1.29, 1.82) is 0 Å². The van der Waals surface area contributed by atoms with Crippen molar-refractivity contribution >= 4 is 0 Å². The summed E-state index contributed by atoms with van der Waals surface area (Å²) in [5.41, 5.74) is 0. The average Bonchev–Trinajstić information content (AvgIpc) is 2.25. The van der Waals surface area contributed by atoms with Crippen molar-refractivity contribution < 1.29 is 5.21 Å². The van der Waals surface area contributed by atoms with Gasteiger partial charge >= 0.3 is 0 Å². The lowest BCUT2D eigenvalue weighted by atomic mass is 9.98. The van der Waals surface area contributed by atoms with Crippen molar-refractivity contribution in [1.82, 2.24) is 5.06 Å². The number of nitrogens with zero attached hydrogens (tertiary/aromatic N) is 1. The van der Waals surface area contributed by atoms with Crippen LogP contribution in [0.25, 0.3) is 0 Å². The van der Waals surface area contributed by atoms with Gasteiger partial charge in [-0.2, -0.15) is 5.06 Å². The molecule has 0 amide bonds. The van der Waals surface area contributed by atoms with E-state index in [2.05, 4.69) is 6.92 Å². The summed E-state index contributed by atoms with van der Waals surface area (Å²) in [4.78, 5) is 0. The Morgan fingerprint density at radius 2 is 1.80 bits per heavy atom. The van der Waals surface area contributed by atoms with E-state index in [1.165, 1.54) is 64.2 Å². The Morgan fingerprint density at radius 1 is 1.07 bits per heavy atom. The largest absolute Gasteiger partial charge is 0.314 e. The van der Waals surface area contributed by atoms with Crippen LogP contribution in [0.5, 0.6) is 0 Å². The summed E-state index contributed by atoms with van der Waals surface area (Å²) in [6.07, 6.45) is 13.0. The summed E-state index contributed by atoms with van der Waals surface area (Å²) < 4.78 is 0. The molecule has 2 nitrogen and oxygen atoms in total. The van der Waals surface area contributed by atoms with Gasteiger partial charge in [0.1, 0.15) is 0 Å². The third kappa shape index (κ3) is 5.53. The fraction of sp³-hybridized carbons (Fsp3) is 1.00. The van der Waals surface area contributed by atoms with Gasteiger partial charge < -0.3 is 5.21 Å². The highest BCUT2D eigenvalue weighted by Gasteiger charge is 2.19. The highest BCUT2D eigenvalue weighted by atomic mass is 16.5. The molecule has 1 saturated heterocycles. The molecule has 2 heteroatoms. The summed E-state index contributed by atoms with van der Waals surface area (Å²) in [6.45, 7) is 3.15. The van der Waals surface area contributed by atoms with Gasteiger partial charge in [-0.3, -0.25) is 0 Å². The van der Waals surface area contributed by atoms with E-state index in [-0.39, 0.29) is 0 Å². The second-order valence-electron chi connectivity index (χ2n) is 4.87. The fourth-order valence-corrected chi connectivity index (χ4v) is 2.44. The fourth-order valence-electron chi connectivity index (χ4n) is 2.44. The predicted molar refractivity (Wildman–Crippen MR) is 64.1 cm³/mol. The minimum Gasteiger partial charge on any atom is -0.314 e. The Labute approximate surface area is 94.6 Å². The molecule has 1 atom stereocenters. The molecule has 0 aliphatic carbocycles. The molecular formula is C13H27NO. The normalized spacial score (nSPS) is 23.2. The summed E-state index contributed by atoms with van der Waals surface area (Å²) in [7, 11) is 0. The van der Waals surface area contributed by atoms with Crippen LogP contribution in [0, 0.1) is 0 Å². The highest BCUT2D eigenvalue weighted by molar-refractivity contribution is 4.70. The number of piperidine rings is 1. The molecule has 1 N–H and O–H groups in total. The first-order valence-electron chi connectivity index (χ1n) is 6.80. The van der Waals surface area contributed by atoms with Gasteiger partial charge in [-0.05, 0) is 19.3 Å². The Kier molecular flexibility index (Phi) is 7.03. The van der Waals surface area contributed by atoms with Crippen molar-refractivity contribution in [2.45, 2.75) is 77.2 Å². The second-order valence-corrected chi connectivity index (χ2v) is 4.87. The van der Waals surface area contributed by atoms with Crippen molar-refractivity contribution in [2.24, 2.45) is 0 Å². The zero-order chi connectivity index (χ0) is 10.9. The molecule has 0 aromatic heterocycles. The summed E-state index contributed by atoms with van der Waals surface area (Å²) in [5.74, 6) is 0. The maximum atomic E-state index is 9.64. The maximum Gasteiger partial charge on any atom is 0.0350 e. The molecular weight excluding hydrogens is 186 g/mol. The minimum absolute atomic E-state index is 0.463. The monoisotopic (exact) mass is 213 g/mol. The lowest BCUT2D eigenvalue weighted by Gasteiger charge is -2.30. The Hall–Kier alpha value is -0.0800. The van der Waals surface area contributed by atoms with Crippen LogP contribution >= 0.6 is 0 Å². The molecule has 15 heavy (non-hydrogen) atoms. The zero-order valence-electron chi connectivity index (χ0n) is 10.2. The van der Waals surface area contributed by atoms with Crippen LogP contribution < -0.4 is 0 Å². The van der Waals surface area contributed by atoms with Gasteiger partial charge in [-0.15, -0.1) is 0 Å². The lowest BCUT2D eigenvalue weighted by molar-refractivity contribution is -0.143. The van der Waals surface area contributed by atoms with E-state index < -0.39 is 0 Å². The van der Waals surface area contributed by atoms with E-state index in [1.807, 2.05) is 0 Å². The van der Waals surface area contributed by atoms with E-state index in [1.54, 1.807) is 5.06 Å². The first-order valence-corrected chi connectivity index (χ1v) is 6.80. The van der Waals surface area contributed by atoms with Gasteiger partial charge in [0.2, 0.25) is 0 Å². The average molecular weight is 213 g/mol. The van der Waals surface area contributed by atoms with Gasteiger partial charge in [0, 0.05) is 12.6 Å². The number of hydroxylamine groups is 2. The zero-order valence-corrected chi connectivity index (χ0v) is 10.2.